The van der Waals surface area contributed by atoms with Gasteiger partial charge >= 0.3 is 0 Å². The molecule has 1 aromatic carbocycles. The van der Waals surface area contributed by atoms with Gasteiger partial charge in [-0.25, -0.2) is 12.7 Å². The van der Waals surface area contributed by atoms with Crippen LogP contribution < -0.4 is 0 Å². The smallest absolute Gasteiger partial charge is 0.222 e. The van der Waals surface area contributed by atoms with Gasteiger partial charge in [0, 0.05) is 37.6 Å². The van der Waals surface area contributed by atoms with Crippen LogP contribution in [0.25, 0.3) is 0 Å². The van der Waals surface area contributed by atoms with E-state index in [-0.39, 0.29) is 5.91 Å². The van der Waals surface area contributed by atoms with Gasteiger partial charge in [-0.15, -0.1) is 0 Å². The van der Waals surface area contributed by atoms with E-state index in [1.54, 1.807) is 4.90 Å². The number of carbonyl (C=O) groups excluding carboxylic acids is 1. The molecule has 5 nitrogen and oxygen atoms in total. The van der Waals surface area contributed by atoms with Crippen molar-refractivity contribution in [3.8, 4) is 0 Å². The highest BCUT2D eigenvalue weighted by molar-refractivity contribution is 7.88. The van der Waals surface area contributed by atoms with Gasteiger partial charge in [-0.1, -0.05) is 23.7 Å². The Morgan fingerprint density at radius 3 is 2.45 bits per heavy atom. The van der Waals surface area contributed by atoms with Crippen molar-refractivity contribution in [3.63, 3.8) is 0 Å². The average Bonchev–Trinajstić information content (AvgIpc) is 2.72. The van der Waals surface area contributed by atoms with E-state index in [9.17, 15) is 13.2 Å². The molecule has 22 heavy (non-hydrogen) atoms. The number of hydrogen-bond donors (Lipinski definition) is 0. The molecule has 122 valence electrons. The predicted octanol–water partition coefficient (Wildman–Crippen LogP) is 1.77. The minimum atomic E-state index is -3.17. The van der Waals surface area contributed by atoms with Gasteiger partial charge in [-0.05, 0) is 30.5 Å². The maximum Gasteiger partial charge on any atom is 0.222 e. The van der Waals surface area contributed by atoms with Crippen LogP contribution in [-0.4, -0.2) is 56.0 Å². The van der Waals surface area contributed by atoms with Gasteiger partial charge in [0.05, 0.1) is 6.26 Å². The standard InChI is InChI=1S/C15H21ClN2O3S/c1-22(20,21)18-10-2-9-17(11-12-18)15(19)8-5-13-3-6-14(16)7-4-13/h3-4,6-7H,2,5,8-12H2,1H3. The zero-order valence-electron chi connectivity index (χ0n) is 12.7. The second-order valence-electron chi connectivity index (χ2n) is 5.52. The number of nitrogens with zero attached hydrogens (tertiary/aromatic N) is 2. The fraction of sp³-hybridized carbons (Fsp3) is 0.533. The average molecular weight is 345 g/mol. The van der Waals surface area contributed by atoms with E-state index >= 15 is 0 Å². The second-order valence-corrected chi connectivity index (χ2v) is 7.94. The second kappa shape index (κ2) is 7.44. The summed E-state index contributed by atoms with van der Waals surface area (Å²) in [7, 11) is -3.17. The molecule has 0 radical (unpaired) electrons. The maximum atomic E-state index is 12.3. The van der Waals surface area contributed by atoms with Crippen LogP contribution in [0.1, 0.15) is 18.4 Å². The first-order valence-corrected chi connectivity index (χ1v) is 9.56. The van der Waals surface area contributed by atoms with Crippen LogP contribution in [0.4, 0.5) is 0 Å². The minimum absolute atomic E-state index is 0.0744. The lowest BCUT2D eigenvalue weighted by Crippen LogP contribution is -2.37. The van der Waals surface area contributed by atoms with Crippen molar-refractivity contribution in [2.24, 2.45) is 0 Å². The molecule has 0 aromatic heterocycles. The zero-order valence-corrected chi connectivity index (χ0v) is 14.2. The van der Waals surface area contributed by atoms with E-state index in [4.69, 9.17) is 11.6 Å². The lowest BCUT2D eigenvalue weighted by Gasteiger charge is -2.21. The molecule has 0 bridgehead atoms. The molecule has 0 atom stereocenters. The molecule has 1 aromatic rings. The number of benzene rings is 1. The van der Waals surface area contributed by atoms with E-state index in [2.05, 4.69) is 0 Å². The monoisotopic (exact) mass is 344 g/mol. The molecule has 1 aliphatic heterocycles. The Kier molecular flexibility index (Phi) is 5.83. The van der Waals surface area contributed by atoms with E-state index in [0.29, 0.717) is 50.5 Å². The van der Waals surface area contributed by atoms with Gasteiger partial charge in [0.2, 0.25) is 15.9 Å². The maximum absolute atomic E-state index is 12.3. The SMILES string of the molecule is CS(=O)(=O)N1CCCN(C(=O)CCc2ccc(Cl)cc2)CC1. The number of sulfonamides is 1. The topological polar surface area (TPSA) is 57.7 Å². The molecular weight excluding hydrogens is 324 g/mol. The number of amides is 1. The summed E-state index contributed by atoms with van der Waals surface area (Å²) in [4.78, 5) is 14.0. The van der Waals surface area contributed by atoms with Gasteiger partial charge in [0.25, 0.3) is 0 Å². The molecule has 0 N–H and O–H groups in total. The fourth-order valence-electron chi connectivity index (χ4n) is 2.54. The zero-order chi connectivity index (χ0) is 16.2. The van der Waals surface area contributed by atoms with Crippen molar-refractivity contribution in [1.82, 2.24) is 9.21 Å². The molecule has 2 rings (SSSR count). The molecule has 0 aliphatic carbocycles. The van der Waals surface area contributed by atoms with Crippen LogP contribution in [0, 0.1) is 0 Å². The molecule has 1 aliphatic rings. The van der Waals surface area contributed by atoms with Crippen LogP contribution in [0.3, 0.4) is 0 Å². The minimum Gasteiger partial charge on any atom is -0.341 e. The molecule has 1 fully saturated rings. The van der Waals surface area contributed by atoms with Crippen molar-refractivity contribution in [2.75, 3.05) is 32.4 Å². The largest absolute Gasteiger partial charge is 0.341 e. The van der Waals surface area contributed by atoms with Crippen LogP contribution in [0.2, 0.25) is 5.02 Å². The van der Waals surface area contributed by atoms with E-state index in [1.165, 1.54) is 10.6 Å². The first kappa shape index (κ1) is 17.2. The van der Waals surface area contributed by atoms with Gasteiger partial charge in [-0.3, -0.25) is 4.79 Å². The molecule has 1 saturated heterocycles. The Balaban J connectivity index is 1.86. The molecule has 1 amide bonds. The van der Waals surface area contributed by atoms with E-state index in [0.717, 1.165) is 5.56 Å². The normalized spacial score (nSPS) is 17.3. The Morgan fingerprint density at radius 2 is 1.82 bits per heavy atom. The summed E-state index contributed by atoms with van der Waals surface area (Å²) in [5.41, 5.74) is 1.07. The van der Waals surface area contributed by atoms with Crippen molar-refractivity contribution >= 4 is 27.5 Å². The highest BCUT2D eigenvalue weighted by Gasteiger charge is 2.23. The Hall–Kier alpha value is -1.11. The van der Waals surface area contributed by atoms with Crippen molar-refractivity contribution < 1.29 is 13.2 Å². The van der Waals surface area contributed by atoms with E-state index < -0.39 is 10.0 Å². The quantitative estimate of drug-likeness (QED) is 0.836. The summed E-state index contributed by atoms with van der Waals surface area (Å²) in [5.74, 6) is 0.0744. The van der Waals surface area contributed by atoms with Gasteiger partial charge in [-0.2, -0.15) is 0 Å². The van der Waals surface area contributed by atoms with Crippen LogP contribution in [0.15, 0.2) is 24.3 Å². The van der Waals surface area contributed by atoms with Gasteiger partial charge in [0.15, 0.2) is 0 Å². The molecule has 1 heterocycles. The summed E-state index contributed by atoms with van der Waals surface area (Å²) >= 11 is 5.84. The van der Waals surface area contributed by atoms with Crippen molar-refractivity contribution in [1.29, 1.82) is 0 Å². The third-order valence-corrected chi connectivity index (χ3v) is 5.37. The Bertz CT molecular complexity index is 616. The summed E-state index contributed by atoms with van der Waals surface area (Å²) < 4.78 is 24.6. The number of carbonyl (C=O) groups is 1. The van der Waals surface area contributed by atoms with Crippen molar-refractivity contribution in [3.05, 3.63) is 34.9 Å². The molecule has 7 heteroatoms. The summed E-state index contributed by atoms with van der Waals surface area (Å²) in [5, 5.41) is 0.684. The van der Waals surface area contributed by atoms with Crippen LogP contribution in [0.5, 0.6) is 0 Å². The first-order valence-electron chi connectivity index (χ1n) is 7.33. The Labute approximate surface area is 136 Å². The highest BCUT2D eigenvalue weighted by atomic mass is 35.5. The predicted molar refractivity (Wildman–Crippen MR) is 87.4 cm³/mol. The third kappa shape index (κ3) is 4.97. The lowest BCUT2D eigenvalue weighted by atomic mass is 10.1. The van der Waals surface area contributed by atoms with E-state index in [1.807, 2.05) is 24.3 Å². The number of halogens is 1. The molecular formula is C15H21ClN2O3S. The lowest BCUT2D eigenvalue weighted by molar-refractivity contribution is -0.131. The summed E-state index contributed by atoms with van der Waals surface area (Å²) in [6.07, 6.45) is 2.99. The molecule has 0 spiro atoms. The molecule has 0 saturated carbocycles. The van der Waals surface area contributed by atoms with Gasteiger partial charge in [0.1, 0.15) is 0 Å². The van der Waals surface area contributed by atoms with Crippen LogP contribution in [-0.2, 0) is 21.2 Å². The first-order chi connectivity index (χ1) is 10.4. The number of aryl methyl sites for hydroxylation is 1. The third-order valence-electron chi connectivity index (χ3n) is 3.82. The van der Waals surface area contributed by atoms with Crippen molar-refractivity contribution in [2.45, 2.75) is 19.3 Å². The Morgan fingerprint density at radius 1 is 1.14 bits per heavy atom. The summed E-state index contributed by atoms with van der Waals surface area (Å²) in [6, 6.07) is 7.47. The van der Waals surface area contributed by atoms with Gasteiger partial charge < -0.3 is 4.90 Å². The molecule has 0 unspecified atom stereocenters. The number of rotatable bonds is 4. The fourth-order valence-corrected chi connectivity index (χ4v) is 3.54. The van der Waals surface area contributed by atoms with Crippen LogP contribution >= 0.6 is 11.6 Å². The highest BCUT2D eigenvalue weighted by Crippen LogP contribution is 2.13. The number of hydrogen-bond acceptors (Lipinski definition) is 3. The summed E-state index contributed by atoms with van der Waals surface area (Å²) in [6.45, 7) is 1.95.